The van der Waals surface area contributed by atoms with E-state index in [4.69, 9.17) is 11.6 Å². The lowest BCUT2D eigenvalue weighted by Gasteiger charge is -2.21. The Labute approximate surface area is 199 Å². The minimum Gasteiger partial charge on any atom is -0.480 e. The molecule has 3 aromatic carbocycles. The summed E-state index contributed by atoms with van der Waals surface area (Å²) in [5.74, 6) is -0.831. The summed E-state index contributed by atoms with van der Waals surface area (Å²) in [6.45, 7) is 2.02. The van der Waals surface area contributed by atoms with Crippen molar-refractivity contribution in [3.8, 4) is 11.1 Å². The Morgan fingerprint density at radius 1 is 0.909 bits per heavy atom. The smallest absolute Gasteiger partial charge is 0.320 e. The van der Waals surface area contributed by atoms with Crippen LogP contribution >= 0.6 is 11.6 Å². The fourth-order valence-corrected chi connectivity index (χ4v) is 4.35. The molecule has 2 N–H and O–H groups in total. The third-order valence-electron chi connectivity index (χ3n) is 6.08. The van der Waals surface area contributed by atoms with Gasteiger partial charge in [-0.1, -0.05) is 60.1 Å². The van der Waals surface area contributed by atoms with Crippen molar-refractivity contribution >= 4 is 23.5 Å². The molecule has 1 saturated heterocycles. The lowest BCUT2D eigenvalue weighted by Crippen LogP contribution is -2.35. The van der Waals surface area contributed by atoms with Crippen molar-refractivity contribution in [3.63, 3.8) is 0 Å². The number of hydrogen-bond acceptors (Lipinski definition) is 3. The minimum absolute atomic E-state index is 0.0944. The molecule has 1 amide bonds. The molecule has 0 bridgehead atoms. The molecular weight excluding hydrogens is 436 g/mol. The van der Waals surface area contributed by atoms with E-state index in [-0.39, 0.29) is 11.9 Å². The average Bonchev–Trinajstić information content (AvgIpc) is 3.29. The summed E-state index contributed by atoms with van der Waals surface area (Å²) in [6.07, 6.45) is 2.38. The van der Waals surface area contributed by atoms with Gasteiger partial charge >= 0.3 is 5.97 Å². The average molecular weight is 463 g/mol. The Morgan fingerprint density at radius 3 is 2.15 bits per heavy atom. The van der Waals surface area contributed by atoms with Crippen molar-refractivity contribution in [1.29, 1.82) is 0 Å². The van der Waals surface area contributed by atoms with Crippen LogP contribution in [0.25, 0.3) is 11.1 Å². The van der Waals surface area contributed by atoms with Gasteiger partial charge in [0, 0.05) is 23.7 Å². The minimum atomic E-state index is -0.737. The first kappa shape index (κ1) is 23.0. The highest BCUT2D eigenvalue weighted by molar-refractivity contribution is 6.30. The number of benzene rings is 3. The summed E-state index contributed by atoms with van der Waals surface area (Å²) >= 11 is 5.94. The van der Waals surface area contributed by atoms with Gasteiger partial charge in [-0.15, -0.1) is 0 Å². The number of halogens is 1. The second-order valence-corrected chi connectivity index (χ2v) is 8.81. The standard InChI is InChI=1S/C27H27ClN2O3/c28-24-13-11-22(12-14-24)21-7-9-23(10-8-21)26(31)29-16-15-19-3-5-20(6-4-19)18-30-17-1-2-25(30)27(32)33/h3-14,25H,1-2,15-18H2,(H,29,31)(H,32,33). The van der Waals surface area contributed by atoms with Crippen LogP contribution in [0.2, 0.25) is 5.02 Å². The Kier molecular flexibility index (Phi) is 7.43. The number of likely N-dealkylation sites (tertiary alicyclic amines) is 1. The van der Waals surface area contributed by atoms with Crippen LogP contribution in [-0.2, 0) is 17.8 Å². The van der Waals surface area contributed by atoms with E-state index in [1.54, 1.807) is 0 Å². The SMILES string of the molecule is O=C(NCCc1ccc(CN2CCCC2C(=O)O)cc1)c1ccc(-c2ccc(Cl)cc2)cc1. The number of aliphatic carboxylic acids is 1. The van der Waals surface area contributed by atoms with Gasteiger partial charge in [0.15, 0.2) is 0 Å². The maximum Gasteiger partial charge on any atom is 0.320 e. The topological polar surface area (TPSA) is 69.6 Å². The van der Waals surface area contributed by atoms with Crippen molar-refractivity contribution < 1.29 is 14.7 Å². The highest BCUT2D eigenvalue weighted by Crippen LogP contribution is 2.22. The molecule has 4 rings (SSSR count). The van der Waals surface area contributed by atoms with Gasteiger partial charge in [-0.25, -0.2) is 0 Å². The molecule has 33 heavy (non-hydrogen) atoms. The highest BCUT2D eigenvalue weighted by Gasteiger charge is 2.30. The van der Waals surface area contributed by atoms with Crippen LogP contribution in [0.5, 0.6) is 0 Å². The van der Waals surface area contributed by atoms with Crippen LogP contribution in [0.3, 0.4) is 0 Å². The molecule has 5 nitrogen and oxygen atoms in total. The van der Waals surface area contributed by atoms with E-state index in [2.05, 4.69) is 5.32 Å². The van der Waals surface area contributed by atoms with E-state index in [0.717, 1.165) is 48.1 Å². The molecule has 1 atom stereocenters. The molecule has 1 aliphatic heterocycles. The summed E-state index contributed by atoms with van der Waals surface area (Å²) in [4.78, 5) is 25.8. The molecule has 1 unspecified atom stereocenters. The van der Waals surface area contributed by atoms with Crippen LogP contribution < -0.4 is 5.32 Å². The van der Waals surface area contributed by atoms with Gasteiger partial charge in [0.2, 0.25) is 0 Å². The van der Waals surface area contributed by atoms with Crippen LogP contribution in [0, 0.1) is 0 Å². The maximum absolute atomic E-state index is 12.5. The highest BCUT2D eigenvalue weighted by atomic mass is 35.5. The van der Waals surface area contributed by atoms with Crippen molar-refractivity contribution in [2.45, 2.75) is 31.8 Å². The lowest BCUT2D eigenvalue weighted by molar-refractivity contribution is -0.142. The molecule has 1 heterocycles. The zero-order valence-electron chi connectivity index (χ0n) is 18.3. The number of carboxylic acids is 1. The molecule has 0 aliphatic carbocycles. The van der Waals surface area contributed by atoms with E-state index in [1.807, 2.05) is 77.7 Å². The molecule has 1 aliphatic rings. The van der Waals surface area contributed by atoms with Crippen LogP contribution in [0.15, 0.2) is 72.8 Å². The van der Waals surface area contributed by atoms with Gasteiger partial charge in [-0.2, -0.15) is 0 Å². The quantitative estimate of drug-likeness (QED) is 0.492. The van der Waals surface area contributed by atoms with Crippen molar-refractivity contribution in [2.75, 3.05) is 13.1 Å². The molecule has 0 aromatic heterocycles. The molecule has 0 radical (unpaired) electrons. The van der Waals surface area contributed by atoms with Gasteiger partial charge in [-0.05, 0) is 72.3 Å². The van der Waals surface area contributed by atoms with Gasteiger partial charge < -0.3 is 10.4 Å². The first-order valence-corrected chi connectivity index (χ1v) is 11.6. The van der Waals surface area contributed by atoms with E-state index < -0.39 is 5.97 Å². The molecule has 0 saturated carbocycles. The summed E-state index contributed by atoms with van der Waals surface area (Å²) in [6, 6.07) is 23.0. The second-order valence-electron chi connectivity index (χ2n) is 8.37. The van der Waals surface area contributed by atoms with Crippen LogP contribution in [0.1, 0.15) is 34.3 Å². The van der Waals surface area contributed by atoms with Gasteiger partial charge in [0.05, 0.1) is 0 Å². The van der Waals surface area contributed by atoms with Gasteiger partial charge in [0.25, 0.3) is 5.91 Å². The van der Waals surface area contributed by atoms with Crippen LogP contribution in [0.4, 0.5) is 0 Å². The maximum atomic E-state index is 12.5. The number of hydrogen-bond donors (Lipinski definition) is 2. The fraction of sp³-hybridized carbons (Fsp3) is 0.259. The number of carboxylic acid groups (broad SMARTS) is 1. The first-order valence-electron chi connectivity index (χ1n) is 11.2. The lowest BCUT2D eigenvalue weighted by atomic mass is 10.0. The predicted molar refractivity (Wildman–Crippen MR) is 130 cm³/mol. The predicted octanol–water partition coefficient (Wildman–Crippen LogP) is 5.03. The first-order chi connectivity index (χ1) is 16.0. The van der Waals surface area contributed by atoms with E-state index >= 15 is 0 Å². The normalized spacial score (nSPS) is 16.0. The molecule has 170 valence electrons. The number of carbonyl (C=O) groups is 2. The molecule has 1 fully saturated rings. The summed E-state index contributed by atoms with van der Waals surface area (Å²) in [7, 11) is 0. The van der Waals surface area contributed by atoms with Crippen LogP contribution in [-0.4, -0.2) is 41.0 Å². The number of rotatable bonds is 8. The van der Waals surface area contributed by atoms with E-state index in [1.165, 1.54) is 0 Å². The summed E-state index contributed by atoms with van der Waals surface area (Å²) in [5.41, 5.74) is 4.96. The third-order valence-corrected chi connectivity index (χ3v) is 6.33. The molecular formula is C27H27ClN2O3. The number of nitrogens with one attached hydrogen (secondary N) is 1. The van der Waals surface area contributed by atoms with Crippen molar-refractivity contribution in [3.05, 3.63) is 94.5 Å². The Hall–Kier alpha value is -3.15. The Bertz CT molecular complexity index is 1100. The summed E-state index contributed by atoms with van der Waals surface area (Å²) < 4.78 is 0. The second kappa shape index (κ2) is 10.6. The van der Waals surface area contributed by atoms with E-state index in [9.17, 15) is 14.7 Å². The number of amides is 1. The van der Waals surface area contributed by atoms with E-state index in [0.29, 0.717) is 23.7 Å². The molecule has 3 aromatic rings. The zero-order chi connectivity index (χ0) is 23.2. The van der Waals surface area contributed by atoms with Gasteiger partial charge in [0.1, 0.15) is 6.04 Å². The summed E-state index contributed by atoms with van der Waals surface area (Å²) in [5, 5.41) is 13.0. The van der Waals surface area contributed by atoms with Gasteiger partial charge in [-0.3, -0.25) is 14.5 Å². The third kappa shape index (κ3) is 6.01. The molecule has 6 heteroatoms. The molecule has 0 spiro atoms. The van der Waals surface area contributed by atoms with Crippen molar-refractivity contribution in [2.24, 2.45) is 0 Å². The van der Waals surface area contributed by atoms with Crippen molar-refractivity contribution in [1.82, 2.24) is 10.2 Å². The Morgan fingerprint density at radius 2 is 1.52 bits per heavy atom. The zero-order valence-corrected chi connectivity index (χ0v) is 19.1. The number of nitrogens with zero attached hydrogens (tertiary/aromatic N) is 1. The monoisotopic (exact) mass is 462 g/mol. The fourth-order valence-electron chi connectivity index (χ4n) is 4.22. The number of carbonyl (C=O) groups excluding carboxylic acids is 1. The Balaban J connectivity index is 1.25. The largest absolute Gasteiger partial charge is 0.480 e.